The summed E-state index contributed by atoms with van der Waals surface area (Å²) in [7, 11) is 4.48. The van der Waals surface area contributed by atoms with Gasteiger partial charge >= 0.3 is 0 Å². The largest absolute Gasteiger partial charge is 0.748 e. The highest BCUT2D eigenvalue weighted by atomic mass is 32.2. The van der Waals surface area contributed by atoms with Gasteiger partial charge in [-0.05, 0) is 25.8 Å². The summed E-state index contributed by atoms with van der Waals surface area (Å²) in [6.45, 7) is 0.645. The van der Waals surface area contributed by atoms with E-state index < -0.39 is 10.1 Å². The summed E-state index contributed by atoms with van der Waals surface area (Å²) >= 11 is 0. The van der Waals surface area contributed by atoms with Crippen molar-refractivity contribution in [3.05, 3.63) is 0 Å². The van der Waals surface area contributed by atoms with Crippen LogP contribution in [0.5, 0.6) is 0 Å². The molecule has 1 N–H and O–H groups in total. The molecule has 0 spiro atoms. The molecule has 0 aromatic heterocycles. The Hall–Kier alpha value is -0.170. The number of rotatable bonds is 5. The van der Waals surface area contributed by atoms with E-state index >= 15 is 0 Å². The van der Waals surface area contributed by atoms with Crippen molar-refractivity contribution in [1.82, 2.24) is 5.32 Å². The highest BCUT2D eigenvalue weighted by Gasteiger charge is 2.11. The van der Waals surface area contributed by atoms with E-state index in [-0.39, 0.29) is 5.75 Å². The zero-order valence-corrected chi connectivity index (χ0v) is 13.6. The highest BCUT2D eigenvalue weighted by molar-refractivity contribution is 7.85. The summed E-state index contributed by atoms with van der Waals surface area (Å²) in [6.07, 6.45) is 6.64. The summed E-state index contributed by atoms with van der Waals surface area (Å²) in [5.74, 6) is -0.243. The first-order chi connectivity index (χ1) is 8.58. The topological polar surface area (TPSA) is 69.2 Å². The van der Waals surface area contributed by atoms with Gasteiger partial charge in [-0.2, -0.15) is 0 Å². The van der Waals surface area contributed by atoms with Gasteiger partial charge in [-0.25, -0.2) is 8.42 Å². The molecule has 0 heterocycles. The second-order valence-electron chi connectivity index (χ2n) is 6.59. The van der Waals surface area contributed by atoms with Crippen molar-refractivity contribution >= 4 is 10.1 Å². The van der Waals surface area contributed by atoms with Gasteiger partial charge in [0.15, 0.2) is 0 Å². The molecule has 1 aliphatic carbocycles. The van der Waals surface area contributed by atoms with Crippen molar-refractivity contribution in [3.8, 4) is 0 Å². The summed E-state index contributed by atoms with van der Waals surface area (Å²) in [4.78, 5) is 0. The highest BCUT2D eigenvalue weighted by Crippen LogP contribution is 2.17. The summed E-state index contributed by atoms with van der Waals surface area (Å²) in [5, 5.41) is 3.29. The fourth-order valence-electron chi connectivity index (χ4n) is 1.86. The minimum atomic E-state index is -4.02. The third-order valence-corrected chi connectivity index (χ3v) is 3.40. The third kappa shape index (κ3) is 17.8. The number of quaternary nitrogens is 1. The minimum absolute atomic E-state index is 0.243. The lowest BCUT2D eigenvalue weighted by Crippen LogP contribution is -2.32. The van der Waals surface area contributed by atoms with Crippen LogP contribution in [-0.4, -0.2) is 64.0 Å². The van der Waals surface area contributed by atoms with Crippen molar-refractivity contribution < 1.29 is 17.5 Å². The van der Waals surface area contributed by atoms with Crippen LogP contribution in [0.1, 0.15) is 38.5 Å². The van der Waals surface area contributed by atoms with Crippen molar-refractivity contribution in [1.29, 1.82) is 0 Å². The van der Waals surface area contributed by atoms with E-state index in [2.05, 4.69) is 33.5 Å². The molecule has 1 fully saturated rings. The lowest BCUT2D eigenvalue weighted by atomic mass is 9.95. The molecule has 1 saturated carbocycles. The van der Waals surface area contributed by atoms with Gasteiger partial charge in [-0.15, -0.1) is 0 Å². The van der Waals surface area contributed by atoms with E-state index in [0.717, 1.165) is 4.48 Å². The van der Waals surface area contributed by atoms with E-state index in [1.54, 1.807) is 0 Å². The first kappa shape index (κ1) is 18.8. The summed E-state index contributed by atoms with van der Waals surface area (Å²) in [5.41, 5.74) is 0. The Morgan fingerprint density at radius 2 is 1.58 bits per heavy atom. The Balaban J connectivity index is 0.000000555. The van der Waals surface area contributed by atoms with E-state index in [4.69, 9.17) is 0 Å². The SMILES string of the molecule is C[N+](C)(C)C.O=S(=O)([O-])CCCNC1CCCCC1. The smallest absolute Gasteiger partial charge is 0.0946 e. The molecule has 6 heteroatoms. The summed E-state index contributed by atoms with van der Waals surface area (Å²) in [6, 6.07) is 0.540. The van der Waals surface area contributed by atoms with Crippen LogP contribution < -0.4 is 5.32 Å². The molecule has 1 rings (SSSR count). The fourth-order valence-corrected chi connectivity index (χ4v) is 2.36. The standard InChI is InChI=1S/C9H19NO3S.C4H12N/c11-14(12,13)8-4-7-10-9-5-2-1-3-6-9;1-5(2,3)4/h9-10H,1-8H2,(H,11,12,13);1-4H3/q;+1/p-1. The first-order valence-corrected chi connectivity index (χ1v) is 8.61. The fraction of sp³-hybridized carbons (Fsp3) is 1.00. The maximum absolute atomic E-state index is 10.3. The van der Waals surface area contributed by atoms with Crippen LogP contribution >= 0.6 is 0 Å². The lowest BCUT2D eigenvalue weighted by Gasteiger charge is -2.22. The molecule has 0 atom stereocenters. The van der Waals surface area contributed by atoms with Crippen molar-refractivity contribution in [2.45, 2.75) is 44.6 Å². The average molecular weight is 294 g/mol. The van der Waals surface area contributed by atoms with Gasteiger partial charge in [0.05, 0.1) is 38.3 Å². The molecule has 19 heavy (non-hydrogen) atoms. The van der Waals surface area contributed by atoms with Crippen molar-refractivity contribution in [2.24, 2.45) is 0 Å². The molecule has 0 aliphatic heterocycles. The Morgan fingerprint density at radius 3 is 2.00 bits per heavy atom. The Kier molecular flexibility index (Phi) is 8.81. The normalized spacial score (nSPS) is 17.7. The molecular weight excluding hydrogens is 264 g/mol. The zero-order chi connectivity index (χ0) is 14.9. The van der Waals surface area contributed by atoms with Gasteiger partial charge in [-0.3, -0.25) is 0 Å². The van der Waals surface area contributed by atoms with Crippen LogP contribution in [0.4, 0.5) is 0 Å². The summed E-state index contributed by atoms with van der Waals surface area (Å²) < 4.78 is 31.9. The Labute approximate surface area is 118 Å². The predicted octanol–water partition coefficient (Wildman–Crippen LogP) is 1.17. The predicted molar refractivity (Wildman–Crippen MR) is 78.0 cm³/mol. The number of nitrogens with zero attached hydrogens (tertiary/aromatic N) is 1. The van der Waals surface area contributed by atoms with Crippen LogP contribution in [0.2, 0.25) is 0 Å². The van der Waals surface area contributed by atoms with E-state index in [9.17, 15) is 13.0 Å². The van der Waals surface area contributed by atoms with Gasteiger partial charge in [-0.1, -0.05) is 19.3 Å². The van der Waals surface area contributed by atoms with Crippen molar-refractivity contribution in [3.63, 3.8) is 0 Å². The average Bonchev–Trinajstić information content (AvgIpc) is 2.22. The van der Waals surface area contributed by atoms with Crippen LogP contribution in [0, 0.1) is 0 Å². The molecule has 5 nitrogen and oxygen atoms in total. The monoisotopic (exact) mass is 294 g/mol. The van der Waals surface area contributed by atoms with Gasteiger partial charge in [0, 0.05) is 11.8 Å². The lowest BCUT2D eigenvalue weighted by molar-refractivity contribution is -0.849. The van der Waals surface area contributed by atoms with E-state index in [1.165, 1.54) is 32.1 Å². The van der Waals surface area contributed by atoms with Crippen molar-refractivity contribution in [2.75, 3.05) is 40.5 Å². The molecule has 116 valence electrons. The number of nitrogens with one attached hydrogen (secondary N) is 1. The first-order valence-electron chi connectivity index (χ1n) is 7.04. The third-order valence-electron chi connectivity index (χ3n) is 2.61. The number of hydrogen-bond acceptors (Lipinski definition) is 4. The molecule has 0 bridgehead atoms. The number of hydrogen-bond donors (Lipinski definition) is 1. The molecule has 0 unspecified atom stereocenters. The minimum Gasteiger partial charge on any atom is -0.748 e. The second kappa shape index (κ2) is 8.89. The molecule has 0 aromatic carbocycles. The maximum atomic E-state index is 10.3. The van der Waals surface area contributed by atoms with Gasteiger partial charge in [0.25, 0.3) is 0 Å². The molecule has 0 radical (unpaired) electrons. The van der Waals surface area contributed by atoms with Gasteiger partial charge in [0.2, 0.25) is 0 Å². The zero-order valence-electron chi connectivity index (χ0n) is 12.8. The van der Waals surface area contributed by atoms with Gasteiger partial charge < -0.3 is 14.4 Å². The van der Waals surface area contributed by atoms with Crippen LogP contribution in [0.3, 0.4) is 0 Å². The molecule has 0 saturated heterocycles. The van der Waals surface area contributed by atoms with E-state index in [1.807, 2.05) is 0 Å². The van der Waals surface area contributed by atoms with E-state index in [0.29, 0.717) is 19.0 Å². The Morgan fingerprint density at radius 1 is 1.11 bits per heavy atom. The molecule has 0 amide bonds. The van der Waals surface area contributed by atoms with Crippen LogP contribution in [0.15, 0.2) is 0 Å². The van der Waals surface area contributed by atoms with Crippen LogP contribution in [-0.2, 0) is 10.1 Å². The second-order valence-corrected chi connectivity index (χ2v) is 8.11. The van der Waals surface area contributed by atoms with Gasteiger partial charge in [0.1, 0.15) is 0 Å². The molecule has 0 aromatic rings. The molecular formula is C13H30N2O3S. The Bertz CT molecular complexity index is 311. The quantitative estimate of drug-likeness (QED) is 0.469. The molecule has 1 aliphatic rings. The van der Waals surface area contributed by atoms with Crippen LogP contribution in [0.25, 0.3) is 0 Å². The maximum Gasteiger partial charge on any atom is 0.0946 e.